The van der Waals surface area contributed by atoms with Crippen molar-refractivity contribution in [3.8, 4) is 5.75 Å². The zero-order valence-electron chi connectivity index (χ0n) is 17.9. The van der Waals surface area contributed by atoms with Gasteiger partial charge in [0, 0.05) is 22.8 Å². The van der Waals surface area contributed by atoms with Crippen molar-refractivity contribution >= 4 is 19.5 Å². The van der Waals surface area contributed by atoms with Gasteiger partial charge in [-0.2, -0.15) is 0 Å². The zero-order chi connectivity index (χ0) is 24.6. The average molecular weight is 485 g/mol. The van der Waals surface area contributed by atoms with Crippen LogP contribution in [0.25, 0.3) is 0 Å². The van der Waals surface area contributed by atoms with Crippen LogP contribution in [-0.4, -0.2) is 40.0 Å². The van der Waals surface area contributed by atoms with Gasteiger partial charge in [0.2, 0.25) is 0 Å². The van der Waals surface area contributed by atoms with Crippen molar-refractivity contribution in [2.45, 2.75) is 38.5 Å². The number of Topliss-reactive ketones (excluding diaryl/α,β-unsaturated/α-hetero) is 1. The van der Waals surface area contributed by atoms with Crippen molar-refractivity contribution in [3.63, 3.8) is 0 Å². The minimum atomic E-state index is -4.85. The summed E-state index contributed by atoms with van der Waals surface area (Å²) in [6.45, 7) is 3.72. The Morgan fingerprint density at radius 3 is 2.33 bits per heavy atom. The third kappa shape index (κ3) is 6.01. The van der Waals surface area contributed by atoms with Crippen molar-refractivity contribution in [2.24, 2.45) is 0 Å². The lowest BCUT2D eigenvalue weighted by Crippen LogP contribution is -2.55. The minimum Gasteiger partial charge on any atom is -0.485 e. The molecule has 0 aromatic heterocycles. The first-order valence-electron chi connectivity index (χ1n) is 9.69. The molecular formula is C21H22F2NO8P. The summed E-state index contributed by atoms with van der Waals surface area (Å²) >= 11 is 0. The predicted molar refractivity (Wildman–Crippen MR) is 111 cm³/mol. The van der Waals surface area contributed by atoms with Crippen molar-refractivity contribution < 1.29 is 46.7 Å². The van der Waals surface area contributed by atoms with Crippen LogP contribution in [0.1, 0.15) is 53.1 Å². The molecule has 0 bridgehead atoms. The molecule has 1 aliphatic rings. The highest BCUT2D eigenvalue weighted by molar-refractivity contribution is 7.46. The van der Waals surface area contributed by atoms with E-state index in [1.807, 2.05) is 0 Å². The number of hydrogen-bond donors (Lipinski definition) is 3. The van der Waals surface area contributed by atoms with Crippen LogP contribution in [0.3, 0.4) is 0 Å². The molecule has 33 heavy (non-hydrogen) atoms. The quantitative estimate of drug-likeness (QED) is 0.310. The Morgan fingerprint density at radius 1 is 1.12 bits per heavy atom. The van der Waals surface area contributed by atoms with Crippen LogP contribution in [0, 0.1) is 11.6 Å². The minimum absolute atomic E-state index is 0.262. The van der Waals surface area contributed by atoms with Gasteiger partial charge in [0.15, 0.2) is 12.6 Å². The van der Waals surface area contributed by atoms with Gasteiger partial charge in [-0.05, 0) is 51.1 Å². The number of ketones is 1. The molecule has 0 fully saturated rings. The molecule has 3 N–H and O–H groups in total. The van der Waals surface area contributed by atoms with Crippen molar-refractivity contribution in [3.05, 3.63) is 64.7 Å². The van der Waals surface area contributed by atoms with Crippen LogP contribution in [-0.2, 0) is 13.8 Å². The second kappa shape index (κ2) is 9.28. The topological polar surface area (TPSA) is 131 Å². The summed E-state index contributed by atoms with van der Waals surface area (Å²) in [5, 5.41) is 2.63. The van der Waals surface area contributed by atoms with Crippen molar-refractivity contribution in [1.82, 2.24) is 5.32 Å². The maximum absolute atomic E-state index is 13.6. The number of fused-ring (bicyclic) bond motifs is 1. The third-order valence-electron chi connectivity index (χ3n) is 4.99. The number of ether oxygens (including phenoxy) is 2. The average Bonchev–Trinajstić information content (AvgIpc) is 2.67. The fourth-order valence-corrected chi connectivity index (χ4v) is 3.74. The lowest BCUT2D eigenvalue weighted by atomic mass is 9.85. The molecule has 0 saturated carbocycles. The molecule has 2 aromatic carbocycles. The molecule has 0 unspecified atom stereocenters. The van der Waals surface area contributed by atoms with Crippen molar-refractivity contribution in [1.29, 1.82) is 0 Å². The third-order valence-corrected chi connectivity index (χ3v) is 5.43. The maximum atomic E-state index is 13.6. The zero-order valence-corrected chi connectivity index (χ0v) is 18.8. The molecule has 9 nitrogen and oxygen atoms in total. The number of hydrogen-bond acceptors (Lipinski definition) is 6. The first kappa shape index (κ1) is 24.9. The van der Waals surface area contributed by atoms with Gasteiger partial charge < -0.3 is 24.6 Å². The van der Waals surface area contributed by atoms with Crippen molar-refractivity contribution in [2.75, 3.05) is 6.79 Å². The number of halogens is 2. The molecular weight excluding hydrogens is 463 g/mol. The molecule has 3 rings (SSSR count). The lowest BCUT2D eigenvalue weighted by molar-refractivity contribution is -0.141. The first-order chi connectivity index (χ1) is 15.3. The number of amides is 1. The Labute approximate surface area is 187 Å². The van der Waals surface area contributed by atoms with E-state index < -0.39 is 49.9 Å². The second-order valence-corrected chi connectivity index (χ2v) is 9.19. The highest BCUT2D eigenvalue weighted by Crippen LogP contribution is 2.43. The van der Waals surface area contributed by atoms with E-state index in [0.717, 1.165) is 12.1 Å². The van der Waals surface area contributed by atoms with Crippen LogP contribution in [0.4, 0.5) is 8.78 Å². The molecule has 0 spiro atoms. The summed E-state index contributed by atoms with van der Waals surface area (Å²) < 4.78 is 54.2. The number of phosphoric ester groups is 1. The Bertz CT molecular complexity index is 1110. The highest BCUT2D eigenvalue weighted by atomic mass is 31.2. The van der Waals surface area contributed by atoms with Gasteiger partial charge in [-0.3, -0.25) is 14.1 Å². The number of carbonyl (C=O) groups excluding carboxylic acids is 2. The summed E-state index contributed by atoms with van der Waals surface area (Å²) in [5.41, 5.74) is -0.827. The van der Waals surface area contributed by atoms with Gasteiger partial charge in [0.1, 0.15) is 29.1 Å². The number of phosphoric acid groups is 1. The number of rotatable bonds is 7. The molecule has 1 aliphatic heterocycles. The summed E-state index contributed by atoms with van der Waals surface area (Å²) in [5.74, 6) is -2.69. The molecule has 1 heterocycles. The largest absolute Gasteiger partial charge is 0.485 e. The second-order valence-electron chi connectivity index (χ2n) is 7.95. The fourth-order valence-electron chi connectivity index (χ4n) is 3.54. The Morgan fingerprint density at radius 2 is 1.76 bits per heavy atom. The van der Waals surface area contributed by atoms with Gasteiger partial charge in [0.05, 0.1) is 6.04 Å². The Hall–Kier alpha value is -2.69. The SMILES string of the molecule is CC(=O)c1ccc2c(c1)[C@H](NC(=O)c1cc(F)cc(F)c1)[C@@H](OCOP(=O)(O)O)C(C)(C)O2. The van der Waals surface area contributed by atoms with E-state index in [4.69, 9.17) is 19.3 Å². The standard InChI is InChI=1S/C21H22F2NO8P/c1-11(25)12-4-5-17-16(8-12)18(24-20(26)13-6-14(22)9-15(23)7-13)19(21(2,3)32-17)30-10-31-33(27,28)29/h4-9,18-19H,10H2,1-3H3,(H,24,26)(H2,27,28,29)/t18-,19+/m0/s1. The van der Waals surface area contributed by atoms with E-state index in [1.54, 1.807) is 13.8 Å². The van der Waals surface area contributed by atoms with Gasteiger partial charge in [-0.25, -0.2) is 13.3 Å². The van der Waals surface area contributed by atoms with Crippen LogP contribution in [0.5, 0.6) is 5.75 Å². The van der Waals surface area contributed by atoms with E-state index in [2.05, 4.69) is 9.84 Å². The molecule has 0 saturated heterocycles. The monoisotopic (exact) mass is 485 g/mol. The normalized spacial score (nSPS) is 19.4. The maximum Gasteiger partial charge on any atom is 0.471 e. The molecule has 12 heteroatoms. The smallest absolute Gasteiger partial charge is 0.471 e. The number of nitrogens with one attached hydrogen (secondary N) is 1. The van der Waals surface area contributed by atoms with E-state index in [0.29, 0.717) is 22.9 Å². The van der Waals surface area contributed by atoms with E-state index in [-0.39, 0.29) is 11.3 Å². The highest BCUT2D eigenvalue weighted by Gasteiger charge is 2.46. The van der Waals surface area contributed by atoms with Crippen LogP contribution in [0.15, 0.2) is 36.4 Å². The van der Waals surface area contributed by atoms with E-state index in [1.165, 1.54) is 25.1 Å². The van der Waals surface area contributed by atoms with Crippen LogP contribution in [0.2, 0.25) is 0 Å². The molecule has 178 valence electrons. The van der Waals surface area contributed by atoms with E-state index in [9.17, 15) is 22.9 Å². The Balaban J connectivity index is 2.02. The fraction of sp³-hybridized carbons (Fsp3) is 0.333. The summed E-state index contributed by atoms with van der Waals surface area (Å²) in [7, 11) is -4.85. The molecule has 0 aliphatic carbocycles. The van der Waals surface area contributed by atoms with Crippen LogP contribution < -0.4 is 10.1 Å². The molecule has 0 radical (unpaired) electrons. The van der Waals surface area contributed by atoms with Gasteiger partial charge in [0.25, 0.3) is 5.91 Å². The van der Waals surface area contributed by atoms with Crippen LogP contribution >= 0.6 is 7.82 Å². The van der Waals surface area contributed by atoms with Gasteiger partial charge in [-0.1, -0.05) is 0 Å². The van der Waals surface area contributed by atoms with Gasteiger partial charge in [-0.15, -0.1) is 0 Å². The van der Waals surface area contributed by atoms with E-state index >= 15 is 0 Å². The first-order valence-corrected chi connectivity index (χ1v) is 11.2. The summed E-state index contributed by atoms with van der Waals surface area (Å²) in [6.07, 6.45) is -1.08. The molecule has 1 amide bonds. The lowest BCUT2D eigenvalue weighted by Gasteiger charge is -2.44. The summed E-state index contributed by atoms with van der Waals surface area (Å²) in [4.78, 5) is 42.7. The Kier molecular flexibility index (Phi) is 7.01. The van der Waals surface area contributed by atoms with Gasteiger partial charge >= 0.3 is 7.82 Å². The summed E-state index contributed by atoms with van der Waals surface area (Å²) in [6, 6.07) is 5.83. The number of benzene rings is 2. The number of carbonyl (C=O) groups is 2. The molecule has 2 atom stereocenters. The molecule has 2 aromatic rings. The predicted octanol–water partition coefficient (Wildman–Crippen LogP) is 3.26.